The van der Waals surface area contributed by atoms with Crippen molar-refractivity contribution in [1.29, 1.82) is 0 Å². The standard InChI is InChI=1S/C15H15NO3/c1-10-8-11(2-7-14(10)15(18)19)9-16-12-3-5-13(17)6-4-12/h2-8,16-17H,9H2,1H3,(H,18,19). The lowest BCUT2D eigenvalue weighted by Crippen LogP contribution is -2.03. The lowest BCUT2D eigenvalue weighted by Gasteiger charge is -2.08. The van der Waals surface area contributed by atoms with E-state index in [9.17, 15) is 9.90 Å². The van der Waals surface area contributed by atoms with Gasteiger partial charge in [-0.1, -0.05) is 12.1 Å². The highest BCUT2D eigenvalue weighted by atomic mass is 16.4. The van der Waals surface area contributed by atoms with Crippen molar-refractivity contribution >= 4 is 11.7 Å². The molecule has 0 aliphatic rings. The molecule has 0 aliphatic carbocycles. The molecule has 0 aliphatic heterocycles. The van der Waals surface area contributed by atoms with Crippen molar-refractivity contribution in [3.05, 3.63) is 59.2 Å². The van der Waals surface area contributed by atoms with Crippen molar-refractivity contribution in [2.24, 2.45) is 0 Å². The largest absolute Gasteiger partial charge is 0.508 e. The molecule has 0 amide bonds. The van der Waals surface area contributed by atoms with Gasteiger partial charge < -0.3 is 15.5 Å². The van der Waals surface area contributed by atoms with Crippen LogP contribution in [0.5, 0.6) is 5.75 Å². The predicted molar refractivity (Wildman–Crippen MR) is 73.6 cm³/mol. The normalized spacial score (nSPS) is 10.2. The molecular formula is C15H15NO3. The number of nitrogens with one attached hydrogen (secondary N) is 1. The Bertz CT molecular complexity index is 591. The Labute approximate surface area is 111 Å². The molecule has 0 heterocycles. The summed E-state index contributed by atoms with van der Waals surface area (Å²) in [7, 11) is 0. The maximum absolute atomic E-state index is 10.9. The number of carbonyl (C=O) groups is 1. The molecule has 2 aromatic rings. The highest BCUT2D eigenvalue weighted by Crippen LogP contribution is 2.16. The minimum atomic E-state index is -0.907. The third-order valence-electron chi connectivity index (χ3n) is 2.89. The van der Waals surface area contributed by atoms with E-state index in [0.717, 1.165) is 16.8 Å². The number of carboxylic acid groups (broad SMARTS) is 1. The Hall–Kier alpha value is -2.49. The minimum Gasteiger partial charge on any atom is -0.508 e. The summed E-state index contributed by atoms with van der Waals surface area (Å²) in [5, 5.41) is 21.3. The van der Waals surface area contributed by atoms with E-state index in [1.807, 2.05) is 6.07 Å². The van der Waals surface area contributed by atoms with Crippen LogP contribution < -0.4 is 5.32 Å². The van der Waals surface area contributed by atoms with E-state index in [4.69, 9.17) is 5.11 Å². The number of phenols is 1. The first-order valence-corrected chi connectivity index (χ1v) is 5.92. The number of carboxylic acids is 1. The molecule has 4 heteroatoms. The fourth-order valence-corrected chi connectivity index (χ4v) is 1.86. The molecule has 98 valence electrons. The molecule has 0 spiro atoms. The number of hydrogen-bond acceptors (Lipinski definition) is 3. The molecule has 0 aromatic heterocycles. The Balaban J connectivity index is 2.06. The number of anilines is 1. The fraction of sp³-hybridized carbons (Fsp3) is 0.133. The number of benzene rings is 2. The second kappa shape index (κ2) is 5.44. The summed E-state index contributed by atoms with van der Waals surface area (Å²) in [6.07, 6.45) is 0. The smallest absolute Gasteiger partial charge is 0.335 e. The number of aromatic hydroxyl groups is 1. The third kappa shape index (κ3) is 3.25. The zero-order chi connectivity index (χ0) is 13.8. The zero-order valence-corrected chi connectivity index (χ0v) is 10.6. The summed E-state index contributed by atoms with van der Waals surface area (Å²) in [6.45, 7) is 2.39. The molecule has 0 unspecified atom stereocenters. The summed E-state index contributed by atoms with van der Waals surface area (Å²) in [4.78, 5) is 10.9. The highest BCUT2D eigenvalue weighted by molar-refractivity contribution is 5.89. The Morgan fingerprint density at radius 2 is 1.84 bits per heavy atom. The quantitative estimate of drug-likeness (QED) is 0.736. The first-order chi connectivity index (χ1) is 9.06. The van der Waals surface area contributed by atoms with E-state index in [1.54, 1.807) is 43.3 Å². The van der Waals surface area contributed by atoms with E-state index >= 15 is 0 Å². The maximum Gasteiger partial charge on any atom is 0.335 e. The van der Waals surface area contributed by atoms with Crippen LogP contribution in [0.15, 0.2) is 42.5 Å². The summed E-state index contributed by atoms with van der Waals surface area (Å²) < 4.78 is 0. The molecule has 2 aromatic carbocycles. The van der Waals surface area contributed by atoms with Crippen molar-refractivity contribution in [3.63, 3.8) is 0 Å². The molecule has 4 nitrogen and oxygen atoms in total. The van der Waals surface area contributed by atoms with Crippen LogP contribution in [0.3, 0.4) is 0 Å². The van der Waals surface area contributed by atoms with Gasteiger partial charge in [0.15, 0.2) is 0 Å². The van der Waals surface area contributed by atoms with Crippen LogP contribution in [0.2, 0.25) is 0 Å². The van der Waals surface area contributed by atoms with Crippen LogP contribution in [0.1, 0.15) is 21.5 Å². The maximum atomic E-state index is 10.9. The molecule has 0 saturated carbocycles. The number of hydrogen-bond donors (Lipinski definition) is 3. The van der Waals surface area contributed by atoms with Gasteiger partial charge in [-0.25, -0.2) is 4.79 Å². The van der Waals surface area contributed by atoms with Gasteiger partial charge in [0.25, 0.3) is 0 Å². The fourth-order valence-electron chi connectivity index (χ4n) is 1.86. The van der Waals surface area contributed by atoms with E-state index in [1.165, 1.54) is 0 Å². The minimum absolute atomic E-state index is 0.229. The van der Waals surface area contributed by atoms with E-state index in [-0.39, 0.29) is 5.75 Å². The molecule has 0 atom stereocenters. The molecular weight excluding hydrogens is 242 g/mol. The van der Waals surface area contributed by atoms with E-state index in [2.05, 4.69) is 5.32 Å². The summed E-state index contributed by atoms with van der Waals surface area (Å²) in [5.41, 5.74) is 2.99. The Kier molecular flexibility index (Phi) is 3.71. The van der Waals surface area contributed by atoms with Gasteiger partial charge in [0.05, 0.1) is 5.56 Å². The summed E-state index contributed by atoms with van der Waals surface area (Å²) in [5.74, 6) is -0.678. The number of rotatable bonds is 4. The van der Waals surface area contributed by atoms with E-state index < -0.39 is 5.97 Å². The van der Waals surface area contributed by atoms with Crippen molar-refractivity contribution in [1.82, 2.24) is 0 Å². The first-order valence-electron chi connectivity index (χ1n) is 5.92. The van der Waals surface area contributed by atoms with Gasteiger partial charge in [-0.2, -0.15) is 0 Å². The second-order valence-corrected chi connectivity index (χ2v) is 4.35. The highest BCUT2D eigenvalue weighted by Gasteiger charge is 2.06. The van der Waals surface area contributed by atoms with Crippen LogP contribution >= 0.6 is 0 Å². The number of aromatic carboxylic acids is 1. The number of phenolic OH excluding ortho intramolecular Hbond substituents is 1. The monoisotopic (exact) mass is 257 g/mol. The van der Waals surface area contributed by atoms with Crippen LogP contribution in [0.4, 0.5) is 5.69 Å². The third-order valence-corrected chi connectivity index (χ3v) is 2.89. The lowest BCUT2D eigenvalue weighted by atomic mass is 10.1. The molecule has 0 radical (unpaired) electrons. The second-order valence-electron chi connectivity index (χ2n) is 4.35. The average Bonchev–Trinajstić information content (AvgIpc) is 2.37. The van der Waals surface area contributed by atoms with Crippen molar-refractivity contribution in [2.75, 3.05) is 5.32 Å². The zero-order valence-electron chi connectivity index (χ0n) is 10.6. The van der Waals surface area contributed by atoms with Gasteiger partial charge in [0.2, 0.25) is 0 Å². The lowest BCUT2D eigenvalue weighted by molar-refractivity contribution is 0.0696. The van der Waals surface area contributed by atoms with Gasteiger partial charge in [-0.3, -0.25) is 0 Å². The van der Waals surface area contributed by atoms with Gasteiger partial charge in [0, 0.05) is 12.2 Å². The molecule has 3 N–H and O–H groups in total. The first kappa shape index (κ1) is 13.0. The Morgan fingerprint density at radius 1 is 1.16 bits per heavy atom. The topological polar surface area (TPSA) is 69.6 Å². The SMILES string of the molecule is Cc1cc(CNc2ccc(O)cc2)ccc1C(=O)O. The molecule has 0 saturated heterocycles. The molecule has 0 bridgehead atoms. The van der Waals surface area contributed by atoms with Crippen molar-refractivity contribution in [3.8, 4) is 5.75 Å². The van der Waals surface area contributed by atoms with Gasteiger partial charge in [-0.05, 0) is 48.4 Å². The van der Waals surface area contributed by atoms with Crippen molar-refractivity contribution < 1.29 is 15.0 Å². The molecule has 19 heavy (non-hydrogen) atoms. The van der Waals surface area contributed by atoms with E-state index in [0.29, 0.717) is 12.1 Å². The van der Waals surface area contributed by atoms with Crippen LogP contribution in [-0.2, 0) is 6.54 Å². The summed E-state index contributed by atoms with van der Waals surface area (Å²) >= 11 is 0. The summed E-state index contributed by atoms with van der Waals surface area (Å²) in [6, 6.07) is 12.1. The average molecular weight is 257 g/mol. The van der Waals surface area contributed by atoms with Crippen LogP contribution in [0.25, 0.3) is 0 Å². The predicted octanol–water partition coefficient (Wildman–Crippen LogP) is 3.01. The van der Waals surface area contributed by atoms with Crippen LogP contribution in [-0.4, -0.2) is 16.2 Å². The van der Waals surface area contributed by atoms with Crippen LogP contribution in [0, 0.1) is 6.92 Å². The van der Waals surface area contributed by atoms with Gasteiger partial charge in [0.1, 0.15) is 5.75 Å². The van der Waals surface area contributed by atoms with Gasteiger partial charge >= 0.3 is 5.97 Å². The van der Waals surface area contributed by atoms with Crippen molar-refractivity contribution in [2.45, 2.75) is 13.5 Å². The van der Waals surface area contributed by atoms with Gasteiger partial charge in [-0.15, -0.1) is 0 Å². The number of aryl methyl sites for hydroxylation is 1. The Morgan fingerprint density at radius 3 is 2.42 bits per heavy atom. The molecule has 0 fully saturated rings. The molecule has 2 rings (SSSR count).